The summed E-state index contributed by atoms with van der Waals surface area (Å²) in [6.07, 6.45) is 1.47. The fourth-order valence-corrected chi connectivity index (χ4v) is 4.48. The van der Waals surface area contributed by atoms with Gasteiger partial charge < -0.3 is 19.9 Å². The molecule has 2 heterocycles. The van der Waals surface area contributed by atoms with Crippen LogP contribution in [0, 0.1) is 13.8 Å². The van der Waals surface area contributed by atoms with E-state index in [1.54, 1.807) is 6.07 Å². The number of aryl methyl sites for hydroxylation is 2. The first kappa shape index (κ1) is 20.6. The van der Waals surface area contributed by atoms with Crippen LogP contribution in [0.2, 0.25) is 0 Å². The van der Waals surface area contributed by atoms with Gasteiger partial charge in [0.15, 0.2) is 11.5 Å². The summed E-state index contributed by atoms with van der Waals surface area (Å²) in [6, 6.07) is 9.31. The van der Waals surface area contributed by atoms with Crippen LogP contribution in [0.5, 0.6) is 11.5 Å². The molecule has 0 aliphatic heterocycles. The molecule has 158 valence electrons. The highest BCUT2D eigenvalue weighted by atomic mass is 32.1. The van der Waals surface area contributed by atoms with Crippen LogP contribution in [0.3, 0.4) is 0 Å². The van der Waals surface area contributed by atoms with Crippen molar-refractivity contribution in [1.29, 1.82) is 0 Å². The summed E-state index contributed by atoms with van der Waals surface area (Å²) in [4.78, 5) is 21.5. The molecule has 2 N–H and O–H groups in total. The third kappa shape index (κ3) is 3.77. The van der Waals surface area contributed by atoms with Gasteiger partial charge in [0.05, 0.1) is 30.9 Å². The van der Waals surface area contributed by atoms with Crippen molar-refractivity contribution in [1.82, 2.24) is 9.97 Å². The molecule has 0 atom stereocenters. The quantitative estimate of drug-likeness (QED) is 0.417. The predicted molar refractivity (Wildman–Crippen MR) is 122 cm³/mol. The summed E-state index contributed by atoms with van der Waals surface area (Å²) >= 11 is 1.52. The molecule has 0 spiro atoms. The number of fused-ring (bicyclic) bond motifs is 1. The first-order valence-corrected chi connectivity index (χ1v) is 10.4. The van der Waals surface area contributed by atoms with Crippen molar-refractivity contribution in [2.75, 3.05) is 19.5 Å². The zero-order valence-electron chi connectivity index (χ0n) is 17.5. The van der Waals surface area contributed by atoms with E-state index in [4.69, 9.17) is 9.47 Å². The highest BCUT2D eigenvalue weighted by Crippen LogP contribution is 2.40. The summed E-state index contributed by atoms with van der Waals surface area (Å²) in [5.74, 6) is 0.189. The van der Waals surface area contributed by atoms with Gasteiger partial charge in [-0.1, -0.05) is 23.8 Å². The lowest BCUT2D eigenvalue weighted by atomic mass is 9.99. The van der Waals surface area contributed by atoms with Gasteiger partial charge in [0.1, 0.15) is 17.0 Å². The van der Waals surface area contributed by atoms with Crippen LogP contribution in [0.1, 0.15) is 21.5 Å². The van der Waals surface area contributed by atoms with Crippen LogP contribution in [-0.4, -0.2) is 35.3 Å². The number of benzene rings is 2. The van der Waals surface area contributed by atoms with Gasteiger partial charge >= 0.3 is 5.97 Å². The molecule has 0 bridgehead atoms. The molecule has 4 rings (SSSR count). The Labute approximate surface area is 183 Å². The number of ether oxygens (including phenoxy) is 2. The zero-order valence-corrected chi connectivity index (χ0v) is 18.3. The molecule has 0 unspecified atom stereocenters. The van der Waals surface area contributed by atoms with Gasteiger partial charge in [-0.2, -0.15) is 0 Å². The standard InChI is InChI=1S/C23H21N3O4S/c1-12-5-6-14(13(2)7-12)16-10-31-22-20(16)21(24-11-25-22)26-17-9-19(30-4)18(29-3)8-15(17)23(27)28/h5-11H,1-4H3,(H,27,28)(H,24,25,26). The number of thiophene rings is 1. The third-order valence-electron chi connectivity index (χ3n) is 5.05. The van der Waals surface area contributed by atoms with Crippen LogP contribution in [0.15, 0.2) is 42.0 Å². The van der Waals surface area contributed by atoms with Crippen molar-refractivity contribution in [3.63, 3.8) is 0 Å². The van der Waals surface area contributed by atoms with E-state index < -0.39 is 5.97 Å². The van der Waals surface area contributed by atoms with Crippen molar-refractivity contribution in [2.24, 2.45) is 0 Å². The van der Waals surface area contributed by atoms with Crippen LogP contribution < -0.4 is 14.8 Å². The first-order chi connectivity index (χ1) is 14.9. The first-order valence-electron chi connectivity index (χ1n) is 9.49. The fraction of sp³-hybridized carbons (Fsp3) is 0.174. The second kappa shape index (κ2) is 8.23. The van der Waals surface area contributed by atoms with Gasteiger partial charge in [0.2, 0.25) is 0 Å². The maximum Gasteiger partial charge on any atom is 0.337 e. The topological polar surface area (TPSA) is 93.6 Å². The lowest BCUT2D eigenvalue weighted by Gasteiger charge is -2.15. The second-order valence-electron chi connectivity index (χ2n) is 7.05. The Kier molecular flexibility index (Phi) is 5.48. The summed E-state index contributed by atoms with van der Waals surface area (Å²) < 4.78 is 10.6. The molecule has 0 aliphatic carbocycles. The number of hydrogen-bond donors (Lipinski definition) is 2. The Morgan fingerprint density at radius 3 is 2.45 bits per heavy atom. The Bertz CT molecular complexity index is 1300. The molecular weight excluding hydrogens is 414 g/mol. The molecule has 2 aromatic heterocycles. The number of aromatic carboxylic acids is 1. The Morgan fingerprint density at radius 2 is 1.77 bits per heavy atom. The molecule has 31 heavy (non-hydrogen) atoms. The fourth-order valence-electron chi connectivity index (χ4n) is 3.57. The maximum absolute atomic E-state index is 11.9. The van der Waals surface area contributed by atoms with E-state index in [2.05, 4.69) is 52.7 Å². The maximum atomic E-state index is 11.9. The highest BCUT2D eigenvalue weighted by Gasteiger charge is 2.20. The zero-order chi connectivity index (χ0) is 22.1. The minimum atomic E-state index is -1.09. The molecule has 0 saturated carbocycles. The Hall–Kier alpha value is -3.65. The summed E-state index contributed by atoms with van der Waals surface area (Å²) in [7, 11) is 2.97. The number of hydrogen-bond acceptors (Lipinski definition) is 7. The number of nitrogens with one attached hydrogen (secondary N) is 1. The highest BCUT2D eigenvalue weighted by molar-refractivity contribution is 7.17. The summed E-state index contributed by atoms with van der Waals surface area (Å²) in [5.41, 5.74) is 4.81. The largest absolute Gasteiger partial charge is 0.493 e. The Balaban J connectivity index is 1.89. The number of carboxylic acids is 1. The number of nitrogens with zero attached hydrogens (tertiary/aromatic N) is 2. The molecule has 0 aliphatic rings. The van der Waals surface area contributed by atoms with E-state index in [0.29, 0.717) is 23.0 Å². The van der Waals surface area contributed by atoms with Gasteiger partial charge in [-0.25, -0.2) is 14.8 Å². The van der Waals surface area contributed by atoms with E-state index in [1.807, 2.05) is 0 Å². The van der Waals surface area contributed by atoms with Crippen molar-refractivity contribution in [3.8, 4) is 22.6 Å². The van der Waals surface area contributed by atoms with E-state index in [1.165, 1.54) is 43.5 Å². The van der Waals surface area contributed by atoms with Crippen molar-refractivity contribution in [3.05, 3.63) is 58.7 Å². The average molecular weight is 436 g/mol. The number of aromatic nitrogens is 2. The smallest absolute Gasteiger partial charge is 0.337 e. The second-order valence-corrected chi connectivity index (χ2v) is 7.91. The average Bonchev–Trinajstić information content (AvgIpc) is 3.18. The van der Waals surface area contributed by atoms with Crippen LogP contribution in [0.4, 0.5) is 11.5 Å². The van der Waals surface area contributed by atoms with Gasteiger partial charge in [0, 0.05) is 23.1 Å². The van der Waals surface area contributed by atoms with Gasteiger partial charge in [-0.15, -0.1) is 11.3 Å². The van der Waals surface area contributed by atoms with E-state index in [-0.39, 0.29) is 5.56 Å². The van der Waals surface area contributed by atoms with Gasteiger partial charge in [-0.3, -0.25) is 0 Å². The minimum Gasteiger partial charge on any atom is -0.493 e. The van der Waals surface area contributed by atoms with Crippen LogP contribution in [0.25, 0.3) is 21.3 Å². The number of anilines is 2. The number of methoxy groups -OCH3 is 2. The molecule has 4 aromatic rings. The SMILES string of the molecule is COc1cc(Nc2ncnc3scc(-c4ccc(C)cc4C)c23)c(C(=O)O)cc1OC. The lowest BCUT2D eigenvalue weighted by molar-refractivity contribution is 0.0697. The van der Waals surface area contributed by atoms with Crippen molar-refractivity contribution in [2.45, 2.75) is 13.8 Å². The molecule has 0 fully saturated rings. The molecule has 0 saturated heterocycles. The van der Waals surface area contributed by atoms with Crippen molar-refractivity contribution < 1.29 is 19.4 Å². The minimum absolute atomic E-state index is 0.0488. The summed E-state index contributed by atoms with van der Waals surface area (Å²) in [5, 5.41) is 15.8. The molecule has 0 radical (unpaired) electrons. The normalized spacial score (nSPS) is 10.8. The molecule has 7 nitrogen and oxygen atoms in total. The predicted octanol–water partition coefficient (Wildman–Crippen LogP) is 5.43. The molecule has 0 amide bonds. The van der Waals surface area contributed by atoms with Gasteiger partial charge in [0.25, 0.3) is 0 Å². The van der Waals surface area contributed by atoms with Crippen LogP contribution >= 0.6 is 11.3 Å². The molecular formula is C23H21N3O4S. The molecule has 8 heteroatoms. The lowest BCUT2D eigenvalue weighted by Crippen LogP contribution is -2.06. The van der Waals surface area contributed by atoms with E-state index in [9.17, 15) is 9.90 Å². The van der Waals surface area contributed by atoms with Crippen molar-refractivity contribution >= 4 is 39.0 Å². The summed E-state index contributed by atoms with van der Waals surface area (Å²) in [6.45, 7) is 4.13. The van der Waals surface area contributed by atoms with Gasteiger partial charge in [-0.05, 0) is 25.0 Å². The van der Waals surface area contributed by atoms with E-state index in [0.717, 1.165) is 26.9 Å². The monoisotopic (exact) mass is 435 g/mol. The molecule has 2 aromatic carbocycles. The van der Waals surface area contributed by atoms with E-state index >= 15 is 0 Å². The Morgan fingerprint density at radius 1 is 1.03 bits per heavy atom. The number of rotatable bonds is 6. The van der Waals surface area contributed by atoms with Crippen LogP contribution in [-0.2, 0) is 0 Å². The number of carboxylic acid groups (broad SMARTS) is 1. The third-order valence-corrected chi connectivity index (χ3v) is 5.94. The number of carbonyl (C=O) groups is 1.